The minimum atomic E-state index is -0.294. The maximum Gasteiger partial charge on any atom is 0.272 e. The Hall–Kier alpha value is -2.54. The molecule has 1 spiro atoms. The van der Waals surface area contributed by atoms with Crippen LogP contribution < -0.4 is 4.74 Å². The molecule has 7 nitrogen and oxygen atoms in total. The fourth-order valence-electron chi connectivity index (χ4n) is 3.31. The van der Waals surface area contributed by atoms with Crippen LogP contribution in [0.1, 0.15) is 16.9 Å². The van der Waals surface area contributed by atoms with Gasteiger partial charge in [-0.25, -0.2) is 15.0 Å². The Kier molecular flexibility index (Phi) is 3.86. The monoisotopic (exact) mass is 326 g/mol. The number of carbonyl (C=O) groups excluding carboxylic acids is 1. The molecular formula is C17H18N4O3. The van der Waals surface area contributed by atoms with Crippen LogP contribution in [-0.4, -0.2) is 57.7 Å². The van der Waals surface area contributed by atoms with Crippen molar-refractivity contribution < 1.29 is 14.3 Å². The van der Waals surface area contributed by atoms with E-state index in [9.17, 15) is 4.79 Å². The molecule has 0 unspecified atom stereocenters. The largest absolute Gasteiger partial charge is 0.477 e. The van der Waals surface area contributed by atoms with Gasteiger partial charge in [-0.05, 0) is 18.6 Å². The first-order chi connectivity index (χ1) is 11.8. The lowest BCUT2D eigenvalue weighted by Crippen LogP contribution is -2.66. The predicted molar refractivity (Wildman–Crippen MR) is 84.5 cm³/mol. The third kappa shape index (κ3) is 2.71. The number of hydrogen-bond donors (Lipinski definition) is 0. The Morgan fingerprint density at radius 2 is 2.21 bits per heavy atom. The van der Waals surface area contributed by atoms with Crippen molar-refractivity contribution >= 4 is 5.91 Å². The fourth-order valence-corrected chi connectivity index (χ4v) is 3.31. The molecule has 0 aromatic carbocycles. The van der Waals surface area contributed by atoms with Gasteiger partial charge in [0.1, 0.15) is 17.6 Å². The number of rotatable bonds is 4. The number of carbonyl (C=O) groups is 1. The normalized spacial score (nSPS) is 21.5. The first-order valence-electron chi connectivity index (χ1n) is 8.00. The average molecular weight is 326 g/mol. The third-order valence-electron chi connectivity index (χ3n) is 4.68. The van der Waals surface area contributed by atoms with Crippen molar-refractivity contribution in [1.82, 2.24) is 19.9 Å². The van der Waals surface area contributed by atoms with Gasteiger partial charge in [-0.3, -0.25) is 4.79 Å². The topological polar surface area (TPSA) is 77.4 Å². The van der Waals surface area contributed by atoms with Crippen LogP contribution in [-0.2, 0) is 4.74 Å². The van der Waals surface area contributed by atoms with Crippen molar-refractivity contribution in [2.75, 3.05) is 26.3 Å². The van der Waals surface area contributed by atoms with E-state index in [4.69, 9.17) is 9.47 Å². The number of likely N-dealkylation sites (tertiary alicyclic amines) is 1. The average Bonchev–Trinajstić information content (AvgIpc) is 3.04. The molecule has 4 rings (SSSR count). The third-order valence-corrected chi connectivity index (χ3v) is 4.68. The van der Waals surface area contributed by atoms with Gasteiger partial charge in [0.05, 0.1) is 19.7 Å². The van der Waals surface area contributed by atoms with Crippen LogP contribution in [0.2, 0.25) is 0 Å². The van der Waals surface area contributed by atoms with E-state index in [0.717, 1.165) is 6.42 Å². The van der Waals surface area contributed by atoms with Gasteiger partial charge in [0, 0.05) is 31.0 Å². The summed E-state index contributed by atoms with van der Waals surface area (Å²) >= 11 is 0. The summed E-state index contributed by atoms with van der Waals surface area (Å²) in [5.74, 6) is 0.796. The molecule has 2 aromatic rings. The first-order valence-corrected chi connectivity index (χ1v) is 8.00. The molecule has 2 aliphatic rings. The van der Waals surface area contributed by atoms with Crippen molar-refractivity contribution in [3.05, 3.63) is 48.7 Å². The van der Waals surface area contributed by atoms with Crippen LogP contribution in [0.25, 0.3) is 0 Å². The van der Waals surface area contributed by atoms with Crippen LogP contribution in [0, 0.1) is 5.92 Å². The van der Waals surface area contributed by atoms with Gasteiger partial charge < -0.3 is 14.4 Å². The quantitative estimate of drug-likeness (QED) is 0.840. The summed E-state index contributed by atoms with van der Waals surface area (Å²) in [7, 11) is 0. The standard InChI is InChI=1S/C17H18N4O3/c22-16(14-4-7-18-12-20-14)21-10-17(11-21)13(5-8-24-17)9-23-15-3-1-2-6-19-15/h1-4,6-7,12-13H,5,8-11H2/t13-/m1/s1. The predicted octanol–water partition coefficient (Wildman–Crippen LogP) is 1.18. The molecule has 24 heavy (non-hydrogen) atoms. The van der Waals surface area contributed by atoms with E-state index >= 15 is 0 Å². The zero-order valence-corrected chi connectivity index (χ0v) is 13.2. The highest BCUT2D eigenvalue weighted by Crippen LogP contribution is 2.40. The molecule has 7 heteroatoms. The maximum atomic E-state index is 12.4. The van der Waals surface area contributed by atoms with E-state index in [-0.39, 0.29) is 17.4 Å². The van der Waals surface area contributed by atoms with Crippen molar-refractivity contribution in [3.63, 3.8) is 0 Å². The second-order valence-corrected chi connectivity index (χ2v) is 6.13. The Morgan fingerprint density at radius 1 is 1.29 bits per heavy atom. The summed E-state index contributed by atoms with van der Waals surface area (Å²) in [4.78, 5) is 26.2. The van der Waals surface area contributed by atoms with E-state index in [1.807, 2.05) is 18.2 Å². The highest BCUT2D eigenvalue weighted by atomic mass is 16.5. The van der Waals surface area contributed by atoms with Gasteiger partial charge in [0.2, 0.25) is 5.88 Å². The molecule has 1 atom stereocenters. The Balaban J connectivity index is 1.37. The molecule has 0 N–H and O–H groups in total. The highest BCUT2D eigenvalue weighted by molar-refractivity contribution is 5.92. The van der Waals surface area contributed by atoms with Crippen molar-refractivity contribution in [2.45, 2.75) is 12.0 Å². The summed E-state index contributed by atoms with van der Waals surface area (Å²) in [6.45, 7) is 2.40. The molecule has 2 aliphatic heterocycles. The minimum absolute atomic E-state index is 0.0806. The van der Waals surface area contributed by atoms with E-state index in [2.05, 4.69) is 15.0 Å². The summed E-state index contributed by atoms with van der Waals surface area (Å²) in [6, 6.07) is 7.23. The van der Waals surface area contributed by atoms with Crippen LogP contribution >= 0.6 is 0 Å². The Labute approximate surface area is 139 Å². The second kappa shape index (κ2) is 6.16. The van der Waals surface area contributed by atoms with Crippen LogP contribution in [0.5, 0.6) is 5.88 Å². The second-order valence-electron chi connectivity index (χ2n) is 6.13. The van der Waals surface area contributed by atoms with Gasteiger partial charge >= 0.3 is 0 Å². The molecule has 0 aliphatic carbocycles. The van der Waals surface area contributed by atoms with Gasteiger partial charge in [-0.2, -0.15) is 0 Å². The van der Waals surface area contributed by atoms with E-state index < -0.39 is 0 Å². The number of aromatic nitrogens is 3. The number of hydrogen-bond acceptors (Lipinski definition) is 6. The molecule has 0 radical (unpaired) electrons. The molecule has 0 bridgehead atoms. The van der Waals surface area contributed by atoms with Gasteiger partial charge in [-0.1, -0.05) is 6.07 Å². The number of amides is 1. The number of ether oxygens (including phenoxy) is 2. The van der Waals surface area contributed by atoms with Crippen LogP contribution in [0.3, 0.4) is 0 Å². The van der Waals surface area contributed by atoms with Crippen LogP contribution in [0.4, 0.5) is 0 Å². The van der Waals surface area contributed by atoms with Crippen LogP contribution in [0.15, 0.2) is 43.0 Å². The Morgan fingerprint density at radius 3 is 2.96 bits per heavy atom. The van der Waals surface area contributed by atoms with E-state index in [1.54, 1.807) is 23.4 Å². The number of nitrogens with zero attached hydrogens (tertiary/aromatic N) is 4. The lowest BCUT2D eigenvalue weighted by Gasteiger charge is -2.49. The smallest absolute Gasteiger partial charge is 0.272 e. The van der Waals surface area contributed by atoms with Crippen molar-refractivity contribution in [1.29, 1.82) is 0 Å². The molecule has 2 saturated heterocycles. The first kappa shape index (κ1) is 15.0. The highest BCUT2D eigenvalue weighted by Gasteiger charge is 2.55. The van der Waals surface area contributed by atoms with E-state index in [0.29, 0.717) is 37.9 Å². The van der Waals surface area contributed by atoms with Gasteiger partial charge in [0.15, 0.2) is 0 Å². The molecular weight excluding hydrogens is 308 g/mol. The minimum Gasteiger partial charge on any atom is -0.477 e. The summed E-state index contributed by atoms with van der Waals surface area (Å²) in [6.07, 6.45) is 5.60. The van der Waals surface area contributed by atoms with Gasteiger partial charge in [-0.15, -0.1) is 0 Å². The van der Waals surface area contributed by atoms with E-state index in [1.165, 1.54) is 6.33 Å². The fraction of sp³-hybridized carbons (Fsp3) is 0.412. The van der Waals surface area contributed by atoms with Gasteiger partial charge in [0.25, 0.3) is 5.91 Å². The lowest BCUT2D eigenvalue weighted by atomic mass is 9.81. The molecule has 0 saturated carbocycles. The lowest BCUT2D eigenvalue weighted by molar-refractivity contribution is -0.122. The SMILES string of the molecule is O=C(c1ccncn1)N1CC2(C1)OCC[C@@H]2COc1ccccn1. The summed E-state index contributed by atoms with van der Waals surface area (Å²) < 4.78 is 11.8. The van der Waals surface area contributed by atoms with Crippen molar-refractivity contribution in [2.24, 2.45) is 5.92 Å². The zero-order valence-electron chi connectivity index (χ0n) is 13.2. The molecule has 124 valence electrons. The molecule has 4 heterocycles. The number of pyridine rings is 1. The Bertz CT molecular complexity index is 704. The maximum absolute atomic E-state index is 12.4. The summed E-state index contributed by atoms with van der Waals surface area (Å²) in [5, 5.41) is 0. The molecule has 1 amide bonds. The molecule has 2 aromatic heterocycles. The zero-order chi connectivity index (χ0) is 16.4. The van der Waals surface area contributed by atoms with Crippen molar-refractivity contribution in [3.8, 4) is 5.88 Å². The summed E-state index contributed by atoms with van der Waals surface area (Å²) in [5.41, 5.74) is 0.122. The molecule has 2 fully saturated rings.